The number of hydrogen-bond donors (Lipinski definition) is 15. The van der Waals surface area contributed by atoms with Crippen LogP contribution in [-0.4, -0.2) is 104 Å². The van der Waals surface area contributed by atoms with Crippen LogP contribution in [0, 0.1) is 13.8 Å². The molecule has 0 aliphatic rings. The van der Waals surface area contributed by atoms with Crippen molar-refractivity contribution in [1.82, 2.24) is 29.9 Å². The van der Waals surface area contributed by atoms with Crippen LogP contribution < -0.4 is 26.6 Å². The number of phenolic OH excluding ortho intramolecular Hbond substituents is 2. The monoisotopic (exact) mass is 1440 g/mol. The van der Waals surface area contributed by atoms with Crippen molar-refractivity contribution in [1.29, 1.82) is 0 Å². The van der Waals surface area contributed by atoms with Gasteiger partial charge < -0.3 is 36.8 Å². The minimum atomic E-state index is -4.92. The highest BCUT2D eigenvalue weighted by Crippen LogP contribution is 2.50. The number of anilines is 9. The van der Waals surface area contributed by atoms with Crippen LogP contribution in [0.15, 0.2) is 161 Å². The van der Waals surface area contributed by atoms with Crippen LogP contribution in [0.5, 0.6) is 11.5 Å². The van der Waals surface area contributed by atoms with E-state index in [0.717, 1.165) is 24.3 Å². The Balaban J connectivity index is 0.844. The summed E-state index contributed by atoms with van der Waals surface area (Å²) in [6.07, 6.45) is 0. The Morgan fingerprint density at radius 1 is 0.455 bits per heavy atom. The SMILES string of the molecule is Cc1nc(Nc2ccc(NC(=O)c3ccc(Nc4nc(C)nc(Nc5cc(S(=O)(=O)O)cc6cc(SOOO)c(N=Nc7cc(COO)cc(COO)c7)c(O)c56)n4)cc3)cc2)nc(Nc2cc(S(=O)(=O)O)cc3cc(SOOO)c(N=Nc4cc(COO)cc(COO)c4)c(O)c23)n1. The summed E-state index contributed by atoms with van der Waals surface area (Å²) >= 11 is 0.672. The van der Waals surface area contributed by atoms with Gasteiger partial charge in [-0.3, -0.25) is 34.9 Å². The fraction of sp³-hybridized carbons (Fsp3) is 0.105. The van der Waals surface area contributed by atoms with Gasteiger partial charge in [0.05, 0.1) is 66.4 Å². The van der Waals surface area contributed by atoms with Gasteiger partial charge in [0.1, 0.15) is 49.5 Å². The van der Waals surface area contributed by atoms with E-state index in [2.05, 4.69) is 115 Å². The van der Waals surface area contributed by atoms with Crippen LogP contribution >= 0.6 is 24.1 Å². The predicted molar refractivity (Wildman–Crippen MR) is 346 cm³/mol. The average Bonchev–Trinajstić information content (AvgIpc) is 0.763. The molecule has 0 bridgehead atoms. The zero-order valence-corrected chi connectivity index (χ0v) is 53.5. The molecule has 0 saturated heterocycles. The van der Waals surface area contributed by atoms with Gasteiger partial charge in [0.2, 0.25) is 23.8 Å². The van der Waals surface area contributed by atoms with Gasteiger partial charge in [0.25, 0.3) is 26.1 Å². The molecule has 99 heavy (non-hydrogen) atoms. The van der Waals surface area contributed by atoms with E-state index in [1.165, 1.54) is 74.5 Å². The lowest BCUT2D eigenvalue weighted by molar-refractivity contribution is -0.432. The highest BCUT2D eigenvalue weighted by atomic mass is 32.2. The van der Waals surface area contributed by atoms with E-state index in [9.17, 15) is 40.9 Å². The van der Waals surface area contributed by atoms with Crippen LogP contribution in [0.3, 0.4) is 0 Å². The second-order valence-corrected chi connectivity index (χ2v) is 24.7. The van der Waals surface area contributed by atoms with Crippen LogP contribution in [-0.2, 0) is 85.0 Å². The van der Waals surface area contributed by atoms with E-state index in [1.807, 2.05) is 0 Å². The topological polar surface area (TPSA) is 548 Å². The van der Waals surface area contributed by atoms with Crippen molar-refractivity contribution in [2.45, 2.75) is 59.9 Å². The number of benzene rings is 8. The summed E-state index contributed by atoms with van der Waals surface area (Å²) < 4.78 is 80.1. The van der Waals surface area contributed by atoms with E-state index in [0.29, 0.717) is 63.4 Å². The zero-order chi connectivity index (χ0) is 70.5. The lowest BCUT2D eigenvalue weighted by Crippen LogP contribution is -2.12. The lowest BCUT2D eigenvalue weighted by atomic mass is 10.1. The highest BCUT2D eigenvalue weighted by Gasteiger charge is 2.25. The smallest absolute Gasteiger partial charge is 0.294 e. The molecule has 0 atom stereocenters. The molecule has 2 heterocycles. The largest absolute Gasteiger partial charge is 0.505 e. The number of fused-ring (bicyclic) bond motifs is 2. The average molecular weight is 1440 g/mol. The van der Waals surface area contributed by atoms with Crippen molar-refractivity contribution >= 4 is 147 Å². The number of rotatable bonds is 30. The number of nitrogens with zero attached hydrogens (tertiary/aromatic N) is 10. The molecule has 0 spiro atoms. The van der Waals surface area contributed by atoms with Crippen molar-refractivity contribution in [2.75, 3.05) is 26.6 Å². The molecular formula is C57H49N15O23S4. The maximum Gasteiger partial charge on any atom is 0.294 e. The lowest BCUT2D eigenvalue weighted by Gasteiger charge is -2.15. The first-order valence-corrected chi connectivity index (χ1v) is 32.0. The summed E-state index contributed by atoms with van der Waals surface area (Å²) in [5.41, 5.74) is 2.17. The number of carbonyl (C=O) groups is 1. The Morgan fingerprint density at radius 2 is 0.808 bits per heavy atom. The number of nitrogens with one attached hydrogen (secondary N) is 5. The van der Waals surface area contributed by atoms with Gasteiger partial charge in [0.15, 0.2) is 11.5 Å². The molecule has 0 aliphatic carbocycles. The van der Waals surface area contributed by atoms with Crippen molar-refractivity contribution in [2.24, 2.45) is 20.5 Å². The van der Waals surface area contributed by atoms with Crippen molar-refractivity contribution in [3.8, 4) is 11.5 Å². The van der Waals surface area contributed by atoms with E-state index in [4.69, 9.17) is 31.5 Å². The summed E-state index contributed by atoms with van der Waals surface area (Å²) in [5, 5.41) is 117. The minimum Gasteiger partial charge on any atom is -0.505 e. The predicted octanol–water partition coefficient (Wildman–Crippen LogP) is 12.8. The van der Waals surface area contributed by atoms with E-state index < -0.39 is 47.4 Å². The number of amides is 1. The molecule has 2 aromatic heterocycles. The number of phenols is 2. The maximum atomic E-state index is 13.6. The summed E-state index contributed by atoms with van der Waals surface area (Å²) in [5.74, 6) is -1.96. The Morgan fingerprint density at radius 3 is 1.16 bits per heavy atom. The molecule has 0 radical (unpaired) electrons. The van der Waals surface area contributed by atoms with E-state index in [-0.39, 0.29) is 133 Å². The molecule has 0 aliphatic heterocycles. The maximum absolute atomic E-state index is 13.6. The van der Waals surface area contributed by atoms with Crippen molar-refractivity contribution in [3.05, 3.63) is 161 Å². The number of hydrogen-bond acceptors (Lipinski definition) is 37. The van der Waals surface area contributed by atoms with Gasteiger partial charge in [0, 0.05) is 33.4 Å². The van der Waals surface area contributed by atoms with Crippen molar-refractivity contribution < 1.29 is 111 Å². The summed E-state index contributed by atoms with van der Waals surface area (Å²) in [6, 6.07) is 27.9. The van der Waals surface area contributed by atoms with Gasteiger partial charge in [-0.1, -0.05) is 22.2 Å². The molecule has 514 valence electrons. The van der Waals surface area contributed by atoms with Gasteiger partial charge >= 0.3 is 0 Å². The molecule has 10 rings (SSSR count). The molecule has 1 amide bonds. The first kappa shape index (κ1) is 71.5. The number of aryl methyl sites for hydroxylation is 2. The van der Waals surface area contributed by atoms with E-state index >= 15 is 0 Å². The summed E-state index contributed by atoms with van der Waals surface area (Å²) in [6.45, 7) is 1.89. The fourth-order valence-electron chi connectivity index (χ4n) is 9.52. The molecule has 0 unspecified atom stereocenters. The third kappa shape index (κ3) is 18.3. The molecule has 38 nitrogen and oxygen atoms in total. The van der Waals surface area contributed by atoms with Crippen LogP contribution in [0.4, 0.5) is 75.0 Å². The quantitative estimate of drug-likeness (QED) is 0.00653. The van der Waals surface area contributed by atoms with Gasteiger partial charge in [-0.2, -0.15) is 57.0 Å². The molecule has 8 aromatic carbocycles. The number of aromatic hydroxyl groups is 2. The van der Waals surface area contributed by atoms with E-state index in [1.54, 1.807) is 36.4 Å². The Bertz CT molecular complexity index is 4930. The molecular weight excluding hydrogens is 1390 g/mol. The first-order valence-electron chi connectivity index (χ1n) is 27.6. The zero-order valence-electron chi connectivity index (χ0n) is 50.3. The molecule has 10 aromatic rings. The highest BCUT2D eigenvalue weighted by molar-refractivity contribution is 7.95. The fourth-order valence-corrected chi connectivity index (χ4v) is 11.6. The molecule has 0 saturated carbocycles. The van der Waals surface area contributed by atoms with Crippen LogP contribution in [0.25, 0.3) is 21.5 Å². The Kier molecular flexibility index (Phi) is 23.1. The Labute approximate surface area is 563 Å². The molecule has 15 N–H and O–H groups in total. The second kappa shape index (κ2) is 31.9. The van der Waals surface area contributed by atoms with Gasteiger partial charge in [-0.05, 0) is 156 Å². The number of azo groups is 2. The Hall–Kier alpha value is -10.3. The summed E-state index contributed by atoms with van der Waals surface area (Å²) in [7, 11) is -9.84. The van der Waals surface area contributed by atoms with Gasteiger partial charge in [-0.15, -0.1) is 18.9 Å². The minimum absolute atomic E-state index is 0.0297. The number of aromatic nitrogens is 6. The van der Waals surface area contributed by atoms with Gasteiger partial charge in [-0.25, -0.2) is 30.1 Å². The molecule has 0 fully saturated rings. The standard InChI is InChI=1S/C57H49N15O23S4/c1-27-58-54(67-56(60-27)65-43-21-41(98(82,83)84)17-34-19-45(96-94-92-80)49(51(73)47(34)43)71-69-39-13-29(23-88-76)11-30(14-39)24-89-77)63-37-5-3-33(4-6-37)53(75)62-36-7-9-38(10-8-36)64-55-59-28(2)61-57(68-55)66-44-22-42(99(85,86)87)18-35-20-46(97-95-93-81)50(52(74)48(35)44)72-70-40-15-31(25-90-78)12-32(16-40)26-91-79/h3-22,73-74,76-81H,23-26H2,1-2H3,(H,62,75)(H,82,83,84)(H,85,86,87)(H2,58,60,63,65,67)(H2,59,61,64,66,68). The number of carbonyl (C=O) groups excluding carboxylic acids is 1. The second-order valence-electron chi connectivity index (χ2n) is 20.4. The third-order valence-corrected chi connectivity index (χ3v) is 16.4. The summed E-state index contributed by atoms with van der Waals surface area (Å²) in [4.78, 5) is 55.2. The van der Waals surface area contributed by atoms with Crippen molar-refractivity contribution in [3.63, 3.8) is 0 Å². The third-order valence-electron chi connectivity index (χ3n) is 13.5. The normalized spacial score (nSPS) is 11.9. The first-order chi connectivity index (χ1) is 47.5. The molecule has 42 heteroatoms. The van der Waals surface area contributed by atoms with Crippen LogP contribution in [0.2, 0.25) is 0 Å². The van der Waals surface area contributed by atoms with Crippen LogP contribution in [0.1, 0.15) is 44.3 Å².